The number of hydrogen-bond acceptors (Lipinski definition) is 12. The number of nitrogens with one attached hydrogen (secondary N) is 3. The molecule has 1 unspecified atom stereocenters. The fraction of sp³-hybridized carbons (Fsp3) is 0.706. The van der Waals surface area contributed by atoms with Crippen LogP contribution in [0.1, 0.15) is 86.6 Å². The monoisotopic (exact) mass is 761 g/mol. The summed E-state index contributed by atoms with van der Waals surface area (Å²) in [5.74, 6) is -0.832. The molecule has 15 nitrogen and oxygen atoms in total. The van der Waals surface area contributed by atoms with Gasteiger partial charge in [-0.15, -0.1) is 0 Å². The lowest BCUT2D eigenvalue weighted by molar-refractivity contribution is -0.124. The normalized spacial score (nSPS) is 13.9. The molecule has 51 heavy (non-hydrogen) atoms. The van der Waals surface area contributed by atoms with Crippen LogP contribution in [0.15, 0.2) is 35.4 Å². The van der Waals surface area contributed by atoms with E-state index in [1.54, 1.807) is 46.0 Å². The molecule has 3 amide bonds. The van der Waals surface area contributed by atoms with Crippen molar-refractivity contribution in [2.75, 3.05) is 40.0 Å². The molecule has 1 rings (SSSR count). The van der Waals surface area contributed by atoms with E-state index in [2.05, 4.69) is 21.1 Å². The summed E-state index contributed by atoms with van der Waals surface area (Å²) in [6, 6.07) is 8.03. The highest BCUT2D eigenvalue weighted by molar-refractivity contribution is 7.72. The number of hydrazone groups is 1. The van der Waals surface area contributed by atoms with Gasteiger partial charge in [-0.2, -0.15) is 5.10 Å². The van der Waals surface area contributed by atoms with Crippen molar-refractivity contribution >= 4 is 39.3 Å². The minimum atomic E-state index is -4.14. The number of carbonyl (C=O) groups excluding carboxylic acids is 3. The molecule has 0 saturated heterocycles. The molecule has 292 valence electrons. The van der Waals surface area contributed by atoms with Crippen LogP contribution in [0.2, 0.25) is 0 Å². The van der Waals surface area contributed by atoms with Gasteiger partial charge in [0.15, 0.2) is 0 Å². The van der Waals surface area contributed by atoms with E-state index in [1.807, 2.05) is 58.0 Å². The Balaban J connectivity index is 2.92. The Morgan fingerprint density at radius 1 is 0.843 bits per heavy atom. The van der Waals surface area contributed by atoms with Crippen molar-refractivity contribution in [2.24, 2.45) is 16.9 Å². The topological polar surface area (TPSA) is 183 Å². The van der Waals surface area contributed by atoms with E-state index in [0.717, 1.165) is 5.56 Å². The molecule has 0 saturated carbocycles. The summed E-state index contributed by atoms with van der Waals surface area (Å²) in [6.45, 7) is 14.7. The maximum Gasteiger partial charge on any atom is 0.408 e. The molecular formula is C34H61N5O10P2. The van der Waals surface area contributed by atoms with Gasteiger partial charge in [0, 0.05) is 26.2 Å². The third-order valence-electron chi connectivity index (χ3n) is 7.49. The second-order valence-electron chi connectivity index (χ2n) is 12.3. The Hall–Kier alpha value is -2.80. The zero-order valence-corrected chi connectivity index (χ0v) is 33.6. The number of rotatable bonds is 26. The molecule has 0 spiro atoms. The molecule has 3 atom stereocenters. The van der Waals surface area contributed by atoms with Crippen LogP contribution in [-0.4, -0.2) is 86.8 Å². The zero-order chi connectivity index (χ0) is 38.5. The number of ether oxygens (including phenoxy) is 1. The lowest BCUT2D eigenvalue weighted by Gasteiger charge is -2.31. The van der Waals surface area contributed by atoms with Crippen LogP contribution in [0.25, 0.3) is 0 Å². The predicted molar refractivity (Wildman–Crippen MR) is 198 cm³/mol. The zero-order valence-electron chi connectivity index (χ0n) is 31.8. The summed E-state index contributed by atoms with van der Waals surface area (Å²) >= 11 is 0. The molecule has 0 aromatic heterocycles. The maximum absolute atomic E-state index is 13.7. The van der Waals surface area contributed by atoms with E-state index in [4.69, 9.17) is 22.8 Å². The van der Waals surface area contributed by atoms with Crippen LogP contribution >= 0.6 is 15.2 Å². The molecule has 0 bridgehead atoms. The molecule has 17 heteroatoms. The third-order valence-corrected chi connectivity index (χ3v) is 13.1. The van der Waals surface area contributed by atoms with E-state index >= 15 is 0 Å². The maximum atomic E-state index is 13.7. The average molecular weight is 762 g/mol. The SMILES string of the molecule is CCOP(=O)(OCC)C(NC(=O)CCCN(C)/N=C/C(CC(C)C)NC(=O)[C@@H](NC(=O)OCc1ccccc1)[C@@H](C)CC)P(=O)(OCC)OCC. The molecule has 3 N–H and O–H groups in total. The summed E-state index contributed by atoms with van der Waals surface area (Å²) in [7, 11) is -6.56. The first kappa shape index (κ1) is 46.2. The van der Waals surface area contributed by atoms with Crippen molar-refractivity contribution in [3.63, 3.8) is 0 Å². The van der Waals surface area contributed by atoms with Crippen LogP contribution in [0.3, 0.4) is 0 Å². The molecule has 0 aliphatic rings. The first-order valence-corrected chi connectivity index (χ1v) is 21.0. The summed E-state index contributed by atoms with van der Waals surface area (Å²) < 4.78 is 54.4. The Bertz CT molecular complexity index is 1250. The molecule has 0 heterocycles. The smallest absolute Gasteiger partial charge is 0.408 e. The first-order chi connectivity index (χ1) is 24.2. The van der Waals surface area contributed by atoms with Gasteiger partial charge >= 0.3 is 21.3 Å². The number of alkyl carbamates (subject to hydrolysis) is 1. The van der Waals surface area contributed by atoms with Crippen molar-refractivity contribution in [1.29, 1.82) is 0 Å². The second-order valence-corrected chi connectivity index (χ2v) is 16.9. The molecule has 0 aliphatic heterocycles. The lowest BCUT2D eigenvalue weighted by atomic mass is 9.97. The average Bonchev–Trinajstić information content (AvgIpc) is 3.07. The Morgan fingerprint density at radius 2 is 1.39 bits per heavy atom. The predicted octanol–water partition coefficient (Wildman–Crippen LogP) is 6.49. The second kappa shape index (κ2) is 24.4. The number of nitrogens with zero attached hydrogens (tertiary/aromatic N) is 2. The Labute approximate surface area is 304 Å². The van der Waals surface area contributed by atoms with Crippen LogP contribution in [0, 0.1) is 11.8 Å². The molecule has 0 radical (unpaired) electrons. The van der Waals surface area contributed by atoms with Crippen molar-refractivity contribution in [3.8, 4) is 0 Å². The highest BCUT2D eigenvalue weighted by atomic mass is 31.2. The van der Waals surface area contributed by atoms with Crippen LogP contribution in [0.4, 0.5) is 4.79 Å². The van der Waals surface area contributed by atoms with Gasteiger partial charge in [-0.3, -0.25) is 18.7 Å². The van der Waals surface area contributed by atoms with Gasteiger partial charge in [-0.05, 0) is 57.9 Å². The van der Waals surface area contributed by atoms with E-state index < -0.39 is 44.8 Å². The largest absolute Gasteiger partial charge is 0.445 e. The molecule has 0 aliphatic carbocycles. The fourth-order valence-corrected chi connectivity index (χ4v) is 9.82. The number of amides is 3. The van der Waals surface area contributed by atoms with E-state index in [9.17, 15) is 23.5 Å². The minimum Gasteiger partial charge on any atom is -0.445 e. The standard InChI is InChI=1S/C34H61N5O10P2/c1-10-27(8)31(38-33(42)45-25-28-19-16-15-17-20-28)32(41)36-29(23-26(6)7)24-35-39(9)22-18-21-30(40)37-34(50(43,46-11-2)47-12-3)51(44,48-13-4)49-14-5/h15-17,19-20,24,26-27,29,31,34H,10-14,18,21-23,25H2,1-9H3,(H,36,41)(H,37,40)(H,38,42)/b35-24+/t27-,29?,31-/m0/s1. The molecule has 0 fully saturated rings. The van der Waals surface area contributed by atoms with E-state index in [0.29, 0.717) is 25.8 Å². The molecule has 1 aromatic carbocycles. The summed E-state index contributed by atoms with van der Waals surface area (Å²) in [4.78, 5) is 39.1. The van der Waals surface area contributed by atoms with Gasteiger partial charge in [-0.25, -0.2) is 4.79 Å². The van der Waals surface area contributed by atoms with Crippen molar-refractivity contribution in [1.82, 2.24) is 21.0 Å². The van der Waals surface area contributed by atoms with E-state index in [1.165, 1.54) is 0 Å². The van der Waals surface area contributed by atoms with Crippen LogP contribution in [-0.2, 0) is 48.2 Å². The lowest BCUT2D eigenvalue weighted by Crippen LogP contribution is -2.53. The van der Waals surface area contributed by atoms with Crippen molar-refractivity contribution < 1.29 is 46.3 Å². The highest BCUT2D eigenvalue weighted by Gasteiger charge is 2.52. The van der Waals surface area contributed by atoms with Crippen LogP contribution in [0.5, 0.6) is 0 Å². The fourth-order valence-electron chi connectivity index (χ4n) is 4.88. The number of benzene rings is 1. The summed E-state index contributed by atoms with van der Waals surface area (Å²) in [5.41, 5.74) is -0.810. The van der Waals surface area contributed by atoms with Gasteiger partial charge in [-0.1, -0.05) is 64.4 Å². The Morgan fingerprint density at radius 3 is 1.88 bits per heavy atom. The van der Waals surface area contributed by atoms with E-state index in [-0.39, 0.29) is 57.2 Å². The van der Waals surface area contributed by atoms with Crippen molar-refractivity contribution in [3.05, 3.63) is 35.9 Å². The number of carbonyl (C=O) groups is 3. The summed E-state index contributed by atoms with van der Waals surface area (Å²) in [6.07, 6.45) is 2.51. The van der Waals surface area contributed by atoms with Crippen LogP contribution < -0.4 is 16.0 Å². The third kappa shape index (κ3) is 17.1. The highest BCUT2D eigenvalue weighted by Crippen LogP contribution is 2.69. The van der Waals surface area contributed by atoms with Gasteiger partial charge in [0.1, 0.15) is 12.6 Å². The van der Waals surface area contributed by atoms with Gasteiger partial charge < -0.3 is 43.8 Å². The summed E-state index contributed by atoms with van der Waals surface area (Å²) in [5, 5.41) is 14.4. The van der Waals surface area contributed by atoms with Gasteiger partial charge in [0.05, 0.1) is 32.5 Å². The van der Waals surface area contributed by atoms with Gasteiger partial charge in [0.2, 0.25) is 17.3 Å². The number of hydrogen-bond donors (Lipinski definition) is 3. The molecule has 1 aromatic rings. The minimum absolute atomic E-state index is 0.0148. The van der Waals surface area contributed by atoms with Gasteiger partial charge in [0.25, 0.3) is 0 Å². The quantitative estimate of drug-likeness (QED) is 0.0533. The molecular weight excluding hydrogens is 700 g/mol. The Kier molecular flexibility index (Phi) is 22.2. The van der Waals surface area contributed by atoms with Crippen molar-refractivity contribution in [2.45, 2.75) is 105 Å². The first-order valence-electron chi connectivity index (χ1n) is 17.8.